The van der Waals surface area contributed by atoms with Gasteiger partial charge in [0.25, 0.3) is 0 Å². The number of halogens is 3. The van der Waals surface area contributed by atoms with Gasteiger partial charge < -0.3 is 5.32 Å². The molecule has 1 N–H and O–H groups in total. The second-order valence-electron chi connectivity index (χ2n) is 4.62. The SMILES string of the molecule is CC(NCC1CCSC1)c1ccc(Cl)c(Cl)c1Cl. The number of rotatable bonds is 4. The summed E-state index contributed by atoms with van der Waals surface area (Å²) in [6.45, 7) is 3.14. The van der Waals surface area contributed by atoms with Crippen molar-refractivity contribution in [2.75, 3.05) is 18.1 Å². The Labute approximate surface area is 128 Å². The van der Waals surface area contributed by atoms with Gasteiger partial charge in [0.1, 0.15) is 0 Å². The van der Waals surface area contributed by atoms with Gasteiger partial charge in [-0.3, -0.25) is 0 Å². The Balaban J connectivity index is 1.99. The zero-order valence-corrected chi connectivity index (χ0v) is 13.3. The Kier molecular flexibility index (Phi) is 5.52. The smallest absolute Gasteiger partial charge is 0.0781 e. The summed E-state index contributed by atoms with van der Waals surface area (Å²) in [5.74, 6) is 3.32. The van der Waals surface area contributed by atoms with E-state index in [0.29, 0.717) is 15.1 Å². The van der Waals surface area contributed by atoms with E-state index in [0.717, 1.165) is 18.0 Å². The lowest BCUT2D eigenvalue weighted by Gasteiger charge is -2.19. The van der Waals surface area contributed by atoms with E-state index in [2.05, 4.69) is 12.2 Å². The lowest BCUT2D eigenvalue weighted by atomic mass is 10.1. The highest BCUT2D eigenvalue weighted by atomic mass is 35.5. The molecule has 2 atom stereocenters. The van der Waals surface area contributed by atoms with E-state index >= 15 is 0 Å². The first kappa shape index (κ1) is 14.8. The Morgan fingerprint density at radius 1 is 1.33 bits per heavy atom. The molecule has 1 fully saturated rings. The van der Waals surface area contributed by atoms with Crippen LogP contribution in [0, 0.1) is 5.92 Å². The van der Waals surface area contributed by atoms with Crippen LogP contribution in [0.3, 0.4) is 0 Å². The second-order valence-corrected chi connectivity index (χ2v) is 6.94. The molecular formula is C13H16Cl3NS. The van der Waals surface area contributed by atoms with Crippen molar-refractivity contribution in [1.29, 1.82) is 0 Å². The molecule has 1 heterocycles. The van der Waals surface area contributed by atoms with Crippen LogP contribution in [0.25, 0.3) is 0 Å². The van der Waals surface area contributed by atoms with Crippen molar-refractivity contribution in [3.63, 3.8) is 0 Å². The highest BCUT2D eigenvalue weighted by Crippen LogP contribution is 2.35. The van der Waals surface area contributed by atoms with Crippen LogP contribution in [0.2, 0.25) is 15.1 Å². The first-order valence-corrected chi connectivity index (χ1v) is 8.33. The molecule has 100 valence electrons. The molecule has 0 aliphatic carbocycles. The van der Waals surface area contributed by atoms with Crippen molar-refractivity contribution in [2.24, 2.45) is 5.92 Å². The van der Waals surface area contributed by atoms with Gasteiger partial charge in [0.2, 0.25) is 0 Å². The van der Waals surface area contributed by atoms with Gasteiger partial charge in [0, 0.05) is 6.04 Å². The summed E-state index contributed by atoms with van der Waals surface area (Å²) >= 11 is 20.3. The van der Waals surface area contributed by atoms with Crippen LogP contribution in [0.5, 0.6) is 0 Å². The van der Waals surface area contributed by atoms with E-state index in [1.54, 1.807) is 6.07 Å². The highest BCUT2D eigenvalue weighted by molar-refractivity contribution is 7.99. The van der Waals surface area contributed by atoms with Crippen LogP contribution < -0.4 is 5.32 Å². The number of nitrogens with one attached hydrogen (secondary N) is 1. The first-order valence-electron chi connectivity index (χ1n) is 6.04. The van der Waals surface area contributed by atoms with Gasteiger partial charge in [0.15, 0.2) is 0 Å². The molecule has 1 nitrogen and oxygen atoms in total. The van der Waals surface area contributed by atoms with E-state index in [-0.39, 0.29) is 6.04 Å². The predicted molar refractivity (Wildman–Crippen MR) is 83.3 cm³/mol. The minimum Gasteiger partial charge on any atom is -0.310 e. The summed E-state index contributed by atoms with van der Waals surface area (Å²) in [5.41, 5.74) is 1.01. The fourth-order valence-electron chi connectivity index (χ4n) is 2.07. The van der Waals surface area contributed by atoms with E-state index in [1.165, 1.54) is 17.9 Å². The fraction of sp³-hybridized carbons (Fsp3) is 0.538. The molecule has 18 heavy (non-hydrogen) atoms. The molecule has 1 aromatic carbocycles. The molecule has 1 aliphatic rings. The topological polar surface area (TPSA) is 12.0 Å². The van der Waals surface area contributed by atoms with E-state index in [1.807, 2.05) is 17.8 Å². The van der Waals surface area contributed by atoms with Crippen molar-refractivity contribution in [1.82, 2.24) is 5.32 Å². The molecule has 5 heteroatoms. The second kappa shape index (κ2) is 6.71. The third-order valence-corrected chi connectivity index (χ3v) is 5.81. The molecule has 1 aromatic rings. The minimum atomic E-state index is 0.192. The minimum absolute atomic E-state index is 0.192. The summed E-state index contributed by atoms with van der Waals surface area (Å²) in [5, 5.41) is 5.04. The monoisotopic (exact) mass is 323 g/mol. The van der Waals surface area contributed by atoms with E-state index in [4.69, 9.17) is 34.8 Å². The number of hydrogen-bond acceptors (Lipinski definition) is 2. The lowest BCUT2D eigenvalue weighted by Crippen LogP contribution is -2.25. The third kappa shape index (κ3) is 3.49. The average molecular weight is 325 g/mol. The van der Waals surface area contributed by atoms with Gasteiger partial charge in [-0.15, -0.1) is 0 Å². The third-order valence-electron chi connectivity index (χ3n) is 3.27. The molecule has 1 saturated heterocycles. The summed E-state index contributed by atoms with van der Waals surface area (Å²) in [4.78, 5) is 0. The van der Waals surface area contributed by atoms with Crippen molar-refractivity contribution in [2.45, 2.75) is 19.4 Å². The Morgan fingerprint density at radius 3 is 2.78 bits per heavy atom. The molecule has 0 aromatic heterocycles. The molecule has 1 aliphatic heterocycles. The maximum Gasteiger partial charge on any atom is 0.0781 e. The van der Waals surface area contributed by atoms with Crippen LogP contribution in [0.1, 0.15) is 24.9 Å². The van der Waals surface area contributed by atoms with Crippen LogP contribution in [-0.2, 0) is 0 Å². The fourth-order valence-corrected chi connectivity index (χ4v) is 4.06. The summed E-state index contributed by atoms with van der Waals surface area (Å²) in [7, 11) is 0. The maximum absolute atomic E-state index is 6.23. The molecule has 2 unspecified atom stereocenters. The molecule has 0 spiro atoms. The van der Waals surface area contributed by atoms with Gasteiger partial charge in [-0.2, -0.15) is 11.8 Å². The van der Waals surface area contributed by atoms with Crippen molar-refractivity contribution >= 4 is 46.6 Å². The highest BCUT2D eigenvalue weighted by Gasteiger charge is 2.18. The molecule has 0 radical (unpaired) electrons. The zero-order chi connectivity index (χ0) is 13.1. The molecule has 0 saturated carbocycles. The van der Waals surface area contributed by atoms with Gasteiger partial charge in [-0.25, -0.2) is 0 Å². The van der Waals surface area contributed by atoms with Gasteiger partial charge in [0.05, 0.1) is 15.1 Å². The molecular weight excluding hydrogens is 309 g/mol. The Morgan fingerprint density at radius 2 is 2.11 bits per heavy atom. The predicted octanol–water partition coefficient (Wildman–Crippen LogP) is 5.05. The van der Waals surface area contributed by atoms with Crippen molar-refractivity contribution < 1.29 is 0 Å². The van der Waals surface area contributed by atoms with Crippen LogP contribution in [0.4, 0.5) is 0 Å². The maximum atomic E-state index is 6.23. The molecule has 0 bridgehead atoms. The van der Waals surface area contributed by atoms with E-state index < -0.39 is 0 Å². The number of thioether (sulfide) groups is 1. The van der Waals surface area contributed by atoms with Crippen LogP contribution in [0.15, 0.2) is 12.1 Å². The standard InChI is InChI=1S/C13H16Cl3NS/c1-8(17-6-9-4-5-18-7-9)10-2-3-11(14)13(16)12(10)15/h2-3,8-9,17H,4-7H2,1H3. The van der Waals surface area contributed by atoms with Crippen LogP contribution >= 0.6 is 46.6 Å². The van der Waals surface area contributed by atoms with Gasteiger partial charge in [-0.1, -0.05) is 40.9 Å². The van der Waals surface area contributed by atoms with Crippen molar-refractivity contribution in [3.8, 4) is 0 Å². The zero-order valence-electron chi connectivity index (χ0n) is 10.2. The average Bonchev–Trinajstić information content (AvgIpc) is 2.86. The van der Waals surface area contributed by atoms with Gasteiger partial charge in [-0.05, 0) is 48.9 Å². The normalized spacial score (nSPS) is 21.2. The Hall–Kier alpha value is 0.400. The van der Waals surface area contributed by atoms with Crippen molar-refractivity contribution in [3.05, 3.63) is 32.8 Å². The molecule has 0 amide bonds. The summed E-state index contributed by atoms with van der Waals surface area (Å²) in [6.07, 6.45) is 1.31. The first-order chi connectivity index (χ1) is 8.59. The number of hydrogen-bond donors (Lipinski definition) is 1. The summed E-state index contributed by atoms with van der Waals surface area (Å²) < 4.78 is 0. The van der Waals surface area contributed by atoms with Crippen LogP contribution in [-0.4, -0.2) is 18.1 Å². The number of benzene rings is 1. The van der Waals surface area contributed by atoms with Gasteiger partial charge >= 0.3 is 0 Å². The quantitative estimate of drug-likeness (QED) is 0.778. The largest absolute Gasteiger partial charge is 0.310 e. The summed E-state index contributed by atoms with van der Waals surface area (Å²) in [6, 6.07) is 3.93. The van der Waals surface area contributed by atoms with E-state index in [9.17, 15) is 0 Å². The Bertz CT molecular complexity index is 419. The molecule has 2 rings (SSSR count). The lowest BCUT2D eigenvalue weighted by molar-refractivity contribution is 0.477.